The molecule has 2 N–H and O–H groups in total. The molecule has 1 aliphatic heterocycles. The van der Waals surface area contributed by atoms with Gasteiger partial charge in [-0.05, 0) is 70.7 Å². The smallest absolute Gasteiger partial charge is 0.0434 e. The topological polar surface area (TPSA) is 35.5 Å². The van der Waals surface area contributed by atoms with E-state index >= 15 is 0 Å². The predicted octanol–water partition coefficient (Wildman–Crippen LogP) is 1.86. The summed E-state index contributed by atoms with van der Waals surface area (Å²) in [6.07, 6.45) is 7.45. The number of aliphatic hydroxyl groups is 1. The molecule has 1 unspecified atom stereocenters. The lowest BCUT2D eigenvalue weighted by atomic mass is 10.0. The minimum Gasteiger partial charge on any atom is -0.396 e. The first-order valence-corrected chi connectivity index (χ1v) is 7.40. The van der Waals surface area contributed by atoms with Crippen molar-refractivity contribution in [1.82, 2.24) is 10.2 Å². The molecular formula is C14H30N2O. The Hall–Kier alpha value is -0.120. The number of nitrogens with zero attached hydrogens (tertiary/aromatic N) is 1. The number of nitrogens with one attached hydrogen (secondary N) is 1. The van der Waals surface area contributed by atoms with E-state index < -0.39 is 0 Å². The molecule has 102 valence electrons. The molecule has 0 radical (unpaired) electrons. The average Bonchev–Trinajstić information content (AvgIpc) is 2.82. The van der Waals surface area contributed by atoms with E-state index in [4.69, 9.17) is 5.11 Å². The molecule has 17 heavy (non-hydrogen) atoms. The van der Waals surface area contributed by atoms with Crippen molar-refractivity contribution in [2.75, 3.05) is 39.3 Å². The van der Waals surface area contributed by atoms with Gasteiger partial charge in [-0.15, -0.1) is 0 Å². The van der Waals surface area contributed by atoms with Crippen LogP contribution in [-0.2, 0) is 0 Å². The van der Waals surface area contributed by atoms with E-state index in [1.54, 1.807) is 0 Å². The van der Waals surface area contributed by atoms with Crippen molar-refractivity contribution in [2.24, 2.45) is 5.92 Å². The molecule has 0 amide bonds. The van der Waals surface area contributed by atoms with Crippen LogP contribution in [-0.4, -0.2) is 49.3 Å². The van der Waals surface area contributed by atoms with Crippen molar-refractivity contribution in [3.63, 3.8) is 0 Å². The van der Waals surface area contributed by atoms with Gasteiger partial charge in [0.05, 0.1) is 0 Å². The van der Waals surface area contributed by atoms with Crippen LogP contribution in [0.15, 0.2) is 0 Å². The molecule has 1 rings (SSSR count). The summed E-state index contributed by atoms with van der Waals surface area (Å²) in [6.45, 7) is 8.63. The van der Waals surface area contributed by atoms with Gasteiger partial charge in [-0.25, -0.2) is 0 Å². The van der Waals surface area contributed by atoms with Crippen molar-refractivity contribution < 1.29 is 5.11 Å². The largest absolute Gasteiger partial charge is 0.396 e. The fraction of sp³-hybridized carbons (Fsp3) is 1.00. The highest BCUT2D eigenvalue weighted by atomic mass is 16.3. The molecule has 1 aliphatic rings. The molecule has 3 heteroatoms. The second-order valence-electron chi connectivity index (χ2n) is 5.27. The number of aliphatic hydroxyl groups excluding tert-OH is 1. The maximum atomic E-state index is 8.98. The van der Waals surface area contributed by atoms with Crippen LogP contribution < -0.4 is 5.32 Å². The van der Waals surface area contributed by atoms with Gasteiger partial charge < -0.3 is 15.3 Å². The zero-order chi connectivity index (χ0) is 12.3. The van der Waals surface area contributed by atoms with Gasteiger partial charge in [0.15, 0.2) is 0 Å². The summed E-state index contributed by atoms with van der Waals surface area (Å²) in [5, 5.41) is 12.5. The highest BCUT2D eigenvalue weighted by Crippen LogP contribution is 2.09. The van der Waals surface area contributed by atoms with Crippen LogP contribution in [0, 0.1) is 5.92 Å². The molecule has 1 fully saturated rings. The summed E-state index contributed by atoms with van der Waals surface area (Å²) in [7, 11) is 0. The normalized spacial score (nSPS) is 18.7. The molecule has 0 bridgehead atoms. The van der Waals surface area contributed by atoms with E-state index in [9.17, 15) is 0 Å². The van der Waals surface area contributed by atoms with Gasteiger partial charge >= 0.3 is 0 Å². The molecule has 0 saturated carbocycles. The molecule has 3 nitrogen and oxygen atoms in total. The van der Waals surface area contributed by atoms with Crippen molar-refractivity contribution in [3.05, 3.63) is 0 Å². The molecular weight excluding hydrogens is 212 g/mol. The fourth-order valence-corrected chi connectivity index (χ4v) is 2.68. The zero-order valence-electron chi connectivity index (χ0n) is 11.5. The Morgan fingerprint density at radius 3 is 2.65 bits per heavy atom. The number of hydrogen-bond acceptors (Lipinski definition) is 3. The van der Waals surface area contributed by atoms with Crippen molar-refractivity contribution in [1.29, 1.82) is 0 Å². The minimum absolute atomic E-state index is 0.333. The van der Waals surface area contributed by atoms with E-state index in [1.807, 2.05) is 0 Å². The van der Waals surface area contributed by atoms with E-state index in [0.29, 0.717) is 12.5 Å². The highest BCUT2D eigenvalue weighted by molar-refractivity contribution is 4.67. The van der Waals surface area contributed by atoms with Crippen LogP contribution in [0.25, 0.3) is 0 Å². The SMILES string of the molecule is CCCC(CCO)CNCCCN1CCCC1. The fourth-order valence-electron chi connectivity index (χ4n) is 2.68. The Kier molecular flexibility index (Phi) is 8.67. The van der Waals surface area contributed by atoms with E-state index in [1.165, 1.54) is 51.7 Å². The van der Waals surface area contributed by atoms with Gasteiger partial charge in [0.2, 0.25) is 0 Å². The molecule has 0 spiro atoms. The Bertz CT molecular complexity index is 164. The van der Waals surface area contributed by atoms with Crippen molar-refractivity contribution in [3.8, 4) is 0 Å². The summed E-state index contributed by atoms with van der Waals surface area (Å²) in [4.78, 5) is 2.57. The Morgan fingerprint density at radius 1 is 1.24 bits per heavy atom. The Morgan fingerprint density at radius 2 is 2.00 bits per heavy atom. The third-order valence-electron chi connectivity index (χ3n) is 3.69. The van der Waals surface area contributed by atoms with Gasteiger partial charge in [0.1, 0.15) is 0 Å². The number of rotatable bonds is 10. The van der Waals surface area contributed by atoms with E-state index in [-0.39, 0.29) is 0 Å². The second-order valence-corrected chi connectivity index (χ2v) is 5.27. The maximum Gasteiger partial charge on any atom is 0.0434 e. The molecule has 0 aromatic carbocycles. The summed E-state index contributed by atoms with van der Waals surface area (Å²) >= 11 is 0. The van der Waals surface area contributed by atoms with Gasteiger partial charge in [-0.2, -0.15) is 0 Å². The highest BCUT2D eigenvalue weighted by Gasteiger charge is 2.10. The van der Waals surface area contributed by atoms with Crippen LogP contribution in [0.1, 0.15) is 45.4 Å². The van der Waals surface area contributed by atoms with Crippen LogP contribution in [0.3, 0.4) is 0 Å². The van der Waals surface area contributed by atoms with Gasteiger partial charge in [0.25, 0.3) is 0 Å². The van der Waals surface area contributed by atoms with Crippen molar-refractivity contribution in [2.45, 2.75) is 45.4 Å². The maximum absolute atomic E-state index is 8.98. The molecule has 1 heterocycles. The van der Waals surface area contributed by atoms with Crippen LogP contribution >= 0.6 is 0 Å². The molecule has 0 aromatic heterocycles. The monoisotopic (exact) mass is 242 g/mol. The molecule has 1 atom stereocenters. The molecule has 1 saturated heterocycles. The number of hydrogen-bond donors (Lipinski definition) is 2. The average molecular weight is 242 g/mol. The lowest BCUT2D eigenvalue weighted by molar-refractivity contribution is 0.247. The van der Waals surface area contributed by atoms with Crippen LogP contribution in [0.2, 0.25) is 0 Å². The summed E-state index contributed by atoms with van der Waals surface area (Å²) < 4.78 is 0. The van der Waals surface area contributed by atoms with Crippen molar-refractivity contribution >= 4 is 0 Å². The lowest BCUT2D eigenvalue weighted by Crippen LogP contribution is -2.28. The standard InChI is InChI=1S/C14H30N2O/c1-2-6-14(7-12-17)13-15-8-5-11-16-9-3-4-10-16/h14-15,17H,2-13H2,1H3. The third kappa shape index (κ3) is 7.02. The molecule has 0 aromatic rings. The molecule has 0 aliphatic carbocycles. The van der Waals surface area contributed by atoms with Gasteiger partial charge in [-0.3, -0.25) is 0 Å². The lowest BCUT2D eigenvalue weighted by Gasteiger charge is -2.17. The quantitative estimate of drug-likeness (QED) is 0.574. The first-order valence-electron chi connectivity index (χ1n) is 7.40. The predicted molar refractivity (Wildman–Crippen MR) is 73.3 cm³/mol. The van der Waals surface area contributed by atoms with Gasteiger partial charge in [-0.1, -0.05) is 13.3 Å². The minimum atomic E-state index is 0.333. The van der Waals surface area contributed by atoms with Crippen LogP contribution in [0.5, 0.6) is 0 Å². The first-order chi connectivity index (χ1) is 8.36. The Labute approximate surface area is 107 Å². The van der Waals surface area contributed by atoms with E-state index in [2.05, 4.69) is 17.1 Å². The van der Waals surface area contributed by atoms with Gasteiger partial charge in [0, 0.05) is 6.61 Å². The summed E-state index contributed by atoms with van der Waals surface area (Å²) in [5.41, 5.74) is 0. The zero-order valence-corrected chi connectivity index (χ0v) is 11.5. The Balaban J connectivity index is 1.93. The first kappa shape index (κ1) is 14.9. The summed E-state index contributed by atoms with van der Waals surface area (Å²) in [5.74, 6) is 0.664. The number of likely N-dealkylation sites (tertiary alicyclic amines) is 1. The van der Waals surface area contributed by atoms with Crippen LogP contribution in [0.4, 0.5) is 0 Å². The second kappa shape index (κ2) is 9.86. The third-order valence-corrected chi connectivity index (χ3v) is 3.69. The van der Waals surface area contributed by atoms with E-state index in [0.717, 1.165) is 19.5 Å². The summed E-state index contributed by atoms with van der Waals surface area (Å²) in [6, 6.07) is 0.